The number of rotatable bonds is 3. The second-order valence-electron chi connectivity index (χ2n) is 10.2. The number of imide groups is 1. The molecular weight excluding hydrogens is 482 g/mol. The summed E-state index contributed by atoms with van der Waals surface area (Å²) in [4.78, 5) is 33.8. The minimum absolute atomic E-state index is 0.290. The molecule has 4 aromatic carbocycles. The van der Waals surface area contributed by atoms with Crippen molar-refractivity contribution in [3.63, 3.8) is 0 Å². The highest BCUT2D eigenvalue weighted by molar-refractivity contribution is 6.36. The van der Waals surface area contributed by atoms with E-state index in [1.165, 1.54) is 4.90 Å². The standard InChI is InChI=1S/C34H25N3O2/c1-20-17-21(2)32(22(3)18-20)37-33(38)26-10-8-13-29(31(26)34(37)39)36-28-12-5-4-9-24(28)25-15-14-23(19-30(25)36)27-11-6-7-16-35-27/h4-19H,1-3H3. The lowest BCUT2D eigenvalue weighted by molar-refractivity contribution is 0.0925. The van der Waals surface area contributed by atoms with Crippen molar-refractivity contribution in [3.05, 3.63) is 125 Å². The predicted octanol–water partition coefficient (Wildman–Crippen LogP) is 7.57. The number of nitrogens with zero attached hydrogens (tertiary/aromatic N) is 3. The van der Waals surface area contributed by atoms with E-state index in [1.807, 2.05) is 75.4 Å². The number of para-hydroxylation sites is 1. The summed E-state index contributed by atoms with van der Waals surface area (Å²) in [5.74, 6) is -0.589. The second-order valence-corrected chi connectivity index (χ2v) is 10.2. The molecule has 7 rings (SSSR count). The Balaban J connectivity index is 1.50. The maximum atomic E-state index is 14.2. The van der Waals surface area contributed by atoms with Crippen molar-refractivity contribution in [2.75, 3.05) is 4.90 Å². The number of carbonyl (C=O) groups is 2. The van der Waals surface area contributed by atoms with Crippen LogP contribution in [-0.4, -0.2) is 21.4 Å². The first kappa shape index (κ1) is 23.1. The van der Waals surface area contributed by atoms with Gasteiger partial charge in [0.2, 0.25) is 0 Å². The normalized spacial score (nSPS) is 13.1. The van der Waals surface area contributed by atoms with Gasteiger partial charge in [-0.15, -0.1) is 0 Å². The van der Waals surface area contributed by atoms with Crippen molar-refractivity contribution < 1.29 is 9.59 Å². The van der Waals surface area contributed by atoms with E-state index in [1.54, 1.807) is 12.3 Å². The minimum atomic E-state index is -0.299. The number of hydrogen-bond acceptors (Lipinski definition) is 3. The van der Waals surface area contributed by atoms with Crippen LogP contribution in [0.5, 0.6) is 0 Å². The Bertz CT molecular complexity index is 1960. The van der Waals surface area contributed by atoms with Gasteiger partial charge in [-0.2, -0.15) is 0 Å². The Morgan fingerprint density at radius 1 is 0.667 bits per heavy atom. The molecule has 5 heteroatoms. The van der Waals surface area contributed by atoms with Gasteiger partial charge < -0.3 is 4.57 Å². The minimum Gasteiger partial charge on any atom is -0.308 e. The number of hydrogen-bond donors (Lipinski definition) is 0. The van der Waals surface area contributed by atoms with Gasteiger partial charge in [0.1, 0.15) is 0 Å². The average Bonchev–Trinajstić information content (AvgIpc) is 3.40. The van der Waals surface area contributed by atoms with Gasteiger partial charge in [-0.1, -0.05) is 60.2 Å². The van der Waals surface area contributed by atoms with Crippen LogP contribution in [0, 0.1) is 20.8 Å². The molecule has 2 amide bonds. The quantitative estimate of drug-likeness (QED) is 0.232. The summed E-state index contributed by atoms with van der Waals surface area (Å²) in [6.07, 6.45) is 1.78. The van der Waals surface area contributed by atoms with Gasteiger partial charge >= 0.3 is 0 Å². The first-order valence-corrected chi connectivity index (χ1v) is 13.0. The number of amides is 2. The highest BCUT2D eigenvalue weighted by Crippen LogP contribution is 2.40. The van der Waals surface area contributed by atoms with Crippen molar-refractivity contribution >= 4 is 39.3 Å². The topological polar surface area (TPSA) is 55.2 Å². The van der Waals surface area contributed by atoms with E-state index in [9.17, 15) is 9.59 Å². The summed E-state index contributed by atoms with van der Waals surface area (Å²) in [6, 6.07) is 29.9. The molecule has 0 fully saturated rings. The van der Waals surface area contributed by atoms with Gasteiger partial charge in [0, 0.05) is 22.5 Å². The maximum absolute atomic E-state index is 14.2. The molecule has 0 atom stereocenters. The van der Waals surface area contributed by atoms with Gasteiger partial charge in [-0.3, -0.25) is 14.6 Å². The molecule has 0 aliphatic carbocycles. The third-order valence-electron chi connectivity index (χ3n) is 7.63. The fraction of sp³-hybridized carbons (Fsp3) is 0.0882. The number of pyridine rings is 1. The smallest absolute Gasteiger partial charge is 0.268 e. The van der Waals surface area contributed by atoms with Crippen LogP contribution in [0.3, 0.4) is 0 Å². The van der Waals surface area contributed by atoms with Crippen molar-refractivity contribution in [2.45, 2.75) is 20.8 Å². The maximum Gasteiger partial charge on any atom is 0.268 e. The van der Waals surface area contributed by atoms with Crippen molar-refractivity contribution in [1.29, 1.82) is 0 Å². The summed E-state index contributed by atoms with van der Waals surface area (Å²) in [6.45, 7) is 5.92. The summed E-state index contributed by atoms with van der Waals surface area (Å²) >= 11 is 0. The van der Waals surface area contributed by atoms with Crippen molar-refractivity contribution in [2.24, 2.45) is 0 Å². The number of carbonyl (C=O) groups excluding carboxylic acids is 2. The molecule has 39 heavy (non-hydrogen) atoms. The summed E-state index contributed by atoms with van der Waals surface area (Å²) in [5.41, 5.74) is 8.89. The molecule has 0 spiro atoms. The van der Waals surface area contributed by atoms with Crippen LogP contribution in [-0.2, 0) is 0 Å². The van der Waals surface area contributed by atoms with Gasteiger partial charge in [0.25, 0.3) is 11.8 Å². The summed E-state index contributed by atoms with van der Waals surface area (Å²) in [5, 5.41) is 2.15. The molecule has 0 unspecified atom stereocenters. The van der Waals surface area contributed by atoms with Gasteiger partial charge in [-0.25, -0.2) is 4.90 Å². The molecule has 0 saturated carbocycles. The van der Waals surface area contributed by atoms with E-state index in [4.69, 9.17) is 0 Å². The van der Waals surface area contributed by atoms with Crippen LogP contribution in [0.25, 0.3) is 38.8 Å². The Hall–Kier alpha value is -5.03. The number of aromatic nitrogens is 2. The molecule has 3 heterocycles. The largest absolute Gasteiger partial charge is 0.308 e. The zero-order valence-corrected chi connectivity index (χ0v) is 21.9. The van der Waals surface area contributed by atoms with Crippen LogP contribution in [0.15, 0.2) is 97.2 Å². The lowest BCUT2D eigenvalue weighted by atomic mass is 10.0. The lowest BCUT2D eigenvalue weighted by Gasteiger charge is -2.20. The second kappa shape index (κ2) is 8.50. The Morgan fingerprint density at radius 3 is 2.18 bits per heavy atom. The van der Waals surface area contributed by atoms with E-state index in [0.717, 1.165) is 49.8 Å². The van der Waals surface area contributed by atoms with Gasteiger partial charge in [-0.05, 0) is 68.3 Å². The highest BCUT2D eigenvalue weighted by atomic mass is 16.2. The highest BCUT2D eigenvalue weighted by Gasteiger charge is 2.40. The molecule has 0 radical (unpaired) electrons. The number of benzene rings is 4. The van der Waals surface area contributed by atoms with Crippen molar-refractivity contribution in [1.82, 2.24) is 9.55 Å². The predicted molar refractivity (Wildman–Crippen MR) is 156 cm³/mol. The lowest BCUT2D eigenvalue weighted by Crippen LogP contribution is -2.31. The summed E-state index contributed by atoms with van der Waals surface area (Å²) < 4.78 is 2.11. The number of anilines is 1. The molecule has 5 nitrogen and oxygen atoms in total. The van der Waals surface area contributed by atoms with E-state index in [-0.39, 0.29) is 11.8 Å². The van der Waals surface area contributed by atoms with Crippen LogP contribution in [0.1, 0.15) is 37.4 Å². The monoisotopic (exact) mass is 507 g/mol. The van der Waals surface area contributed by atoms with Gasteiger partial charge in [0.05, 0.1) is 39.2 Å². The molecule has 1 aliphatic rings. The van der Waals surface area contributed by atoms with Crippen LogP contribution in [0.4, 0.5) is 5.69 Å². The molecule has 188 valence electrons. The first-order chi connectivity index (χ1) is 18.9. The third-order valence-corrected chi connectivity index (χ3v) is 7.63. The first-order valence-electron chi connectivity index (χ1n) is 13.0. The van der Waals surface area contributed by atoms with Crippen LogP contribution in [0.2, 0.25) is 0 Å². The summed E-state index contributed by atoms with van der Waals surface area (Å²) in [7, 11) is 0. The molecular formula is C34H25N3O2. The SMILES string of the molecule is Cc1cc(C)c(N2C(=O)c3cccc(-n4c5ccccc5c5ccc(-c6ccccn6)cc54)c3C2=O)c(C)c1. The molecule has 0 saturated heterocycles. The van der Waals surface area contributed by atoms with Crippen molar-refractivity contribution in [3.8, 4) is 16.9 Å². The van der Waals surface area contributed by atoms with E-state index >= 15 is 0 Å². The van der Waals surface area contributed by atoms with E-state index in [2.05, 4.69) is 39.9 Å². The fourth-order valence-corrected chi connectivity index (χ4v) is 6.11. The van der Waals surface area contributed by atoms with E-state index in [0.29, 0.717) is 22.5 Å². The van der Waals surface area contributed by atoms with Gasteiger partial charge in [0.15, 0.2) is 0 Å². The number of fused-ring (bicyclic) bond motifs is 4. The van der Waals surface area contributed by atoms with E-state index < -0.39 is 0 Å². The average molecular weight is 508 g/mol. The number of aryl methyl sites for hydroxylation is 3. The Labute approximate surface area is 226 Å². The molecule has 1 aliphatic heterocycles. The molecule has 0 N–H and O–H groups in total. The zero-order chi connectivity index (χ0) is 26.8. The Morgan fingerprint density at radius 2 is 1.41 bits per heavy atom. The fourth-order valence-electron chi connectivity index (χ4n) is 6.11. The molecule has 0 bridgehead atoms. The van der Waals surface area contributed by atoms with Crippen LogP contribution < -0.4 is 4.90 Å². The Kier molecular flexibility index (Phi) is 5.04. The molecule has 2 aromatic heterocycles. The molecule has 6 aromatic rings. The third kappa shape index (κ3) is 3.36. The zero-order valence-electron chi connectivity index (χ0n) is 21.9. The van der Waals surface area contributed by atoms with Crippen LogP contribution >= 0.6 is 0 Å².